The van der Waals surface area contributed by atoms with Crippen LogP contribution >= 0.6 is 27.5 Å². The number of nitrogens with two attached hydrogens (primary N) is 1. The van der Waals surface area contributed by atoms with E-state index in [0.29, 0.717) is 0 Å². The number of hydrogen-bond acceptors (Lipinski definition) is 1. The second-order valence-corrected chi connectivity index (χ2v) is 5.19. The maximum Gasteiger partial charge on any atom is 0.0446 e. The molecule has 0 saturated heterocycles. The Kier molecular flexibility index (Phi) is 8.12. The van der Waals surface area contributed by atoms with Gasteiger partial charge in [-0.15, -0.1) is 0 Å². The molecule has 86 valence electrons. The molecule has 0 fully saturated rings. The zero-order valence-electron chi connectivity index (χ0n) is 9.56. The summed E-state index contributed by atoms with van der Waals surface area (Å²) in [5.74, 6) is 0.773. The highest BCUT2D eigenvalue weighted by Gasteiger charge is 1.92. The number of aryl methyl sites for hydroxylation is 1. The minimum atomic E-state index is 0.773. The van der Waals surface area contributed by atoms with Gasteiger partial charge in [0.05, 0.1) is 0 Å². The van der Waals surface area contributed by atoms with Crippen LogP contribution in [-0.2, 0) is 0 Å². The van der Waals surface area contributed by atoms with E-state index in [9.17, 15) is 0 Å². The predicted molar refractivity (Wildman–Crippen MR) is 72.4 cm³/mol. The molecule has 0 bridgehead atoms. The zero-order chi connectivity index (χ0) is 11.8. The molecule has 0 amide bonds. The molecule has 1 nitrogen and oxygen atoms in total. The molecular weight excluding hydrogens is 273 g/mol. The Hall–Kier alpha value is -0.0500. The van der Waals surface area contributed by atoms with Crippen LogP contribution in [0.25, 0.3) is 0 Å². The summed E-state index contributed by atoms with van der Waals surface area (Å²) in [4.78, 5) is 0. The minimum absolute atomic E-state index is 0.773. The average Bonchev–Trinajstić information content (AvgIpc) is 2.13. The highest BCUT2D eigenvalue weighted by molar-refractivity contribution is 9.10. The molecule has 0 aliphatic carbocycles. The van der Waals surface area contributed by atoms with Crippen LogP contribution in [0.2, 0.25) is 5.02 Å². The topological polar surface area (TPSA) is 26.0 Å². The molecular formula is C12H19BrClN. The van der Waals surface area contributed by atoms with E-state index in [1.165, 1.54) is 0 Å². The van der Waals surface area contributed by atoms with E-state index in [-0.39, 0.29) is 0 Å². The Balaban J connectivity index is 0.000000288. The number of benzene rings is 1. The van der Waals surface area contributed by atoms with Gasteiger partial charge in [-0.3, -0.25) is 0 Å². The van der Waals surface area contributed by atoms with E-state index in [1.54, 1.807) is 0 Å². The van der Waals surface area contributed by atoms with Crippen molar-refractivity contribution >= 4 is 27.5 Å². The van der Waals surface area contributed by atoms with Gasteiger partial charge >= 0.3 is 0 Å². The van der Waals surface area contributed by atoms with E-state index < -0.39 is 0 Å². The first-order valence-electron chi connectivity index (χ1n) is 5.09. The fraction of sp³-hybridized carbons (Fsp3) is 0.500. The van der Waals surface area contributed by atoms with Crippen LogP contribution in [0.4, 0.5) is 0 Å². The lowest BCUT2D eigenvalue weighted by Crippen LogP contribution is -2.01. The molecule has 1 aromatic rings. The van der Waals surface area contributed by atoms with Gasteiger partial charge in [0.1, 0.15) is 0 Å². The van der Waals surface area contributed by atoms with E-state index in [0.717, 1.165) is 33.9 Å². The molecule has 15 heavy (non-hydrogen) atoms. The molecule has 0 heterocycles. The second kappa shape index (κ2) is 8.14. The third-order valence-corrected chi connectivity index (χ3v) is 2.78. The molecule has 0 spiro atoms. The van der Waals surface area contributed by atoms with Gasteiger partial charge in [-0.25, -0.2) is 0 Å². The largest absolute Gasteiger partial charge is 0.330 e. The third kappa shape index (κ3) is 7.83. The summed E-state index contributed by atoms with van der Waals surface area (Å²) in [6.07, 6.45) is 1.15. The summed E-state index contributed by atoms with van der Waals surface area (Å²) in [7, 11) is 0. The lowest BCUT2D eigenvalue weighted by molar-refractivity contribution is 0.596. The highest BCUT2D eigenvalue weighted by atomic mass is 79.9. The van der Waals surface area contributed by atoms with E-state index in [1.807, 2.05) is 25.1 Å². The quantitative estimate of drug-likeness (QED) is 0.859. The molecule has 0 radical (unpaired) electrons. The lowest BCUT2D eigenvalue weighted by atomic mass is 10.1. The van der Waals surface area contributed by atoms with Crippen molar-refractivity contribution in [1.82, 2.24) is 0 Å². The second-order valence-electron chi connectivity index (χ2n) is 3.86. The van der Waals surface area contributed by atoms with Gasteiger partial charge in [0.15, 0.2) is 0 Å². The Morgan fingerprint density at radius 3 is 2.27 bits per heavy atom. The normalized spacial score (nSPS) is 9.80. The fourth-order valence-electron chi connectivity index (χ4n) is 0.901. The van der Waals surface area contributed by atoms with Gasteiger partial charge in [-0.1, -0.05) is 47.4 Å². The van der Waals surface area contributed by atoms with Gasteiger partial charge in [-0.2, -0.15) is 0 Å². The molecule has 0 saturated carbocycles. The first-order valence-corrected chi connectivity index (χ1v) is 6.26. The van der Waals surface area contributed by atoms with Crippen molar-refractivity contribution in [2.75, 3.05) is 6.54 Å². The molecule has 2 N–H and O–H groups in total. The van der Waals surface area contributed by atoms with Gasteiger partial charge in [0.2, 0.25) is 0 Å². The Morgan fingerprint density at radius 1 is 1.40 bits per heavy atom. The van der Waals surface area contributed by atoms with Crippen molar-refractivity contribution in [3.63, 3.8) is 0 Å². The van der Waals surface area contributed by atoms with Crippen molar-refractivity contribution < 1.29 is 0 Å². The van der Waals surface area contributed by atoms with Gasteiger partial charge in [-0.05, 0) is 43.5 Å². The third-order valence-electron chi connectivity index (χ3n) is 1.88. The van der Waals surface area contributed by atoms with Crippen LogP contribution in [0.3, 0.4) is 0 Å². The standard InChI is InChI=1S/C7H6BrCl.C5H13N/c1-5-2-3-6(8)4-7(5)9;1-5(2)3-4-6/h2-4H,1H3;5H,3-4,6H2,1-2H3. The highest BCUT2D eigenvalue weighted by Crippen LogP contribution is 2.19. The van der Waals surface area contributed by atoms with Gasteiger partial charge < -0.3 is 5.73 Å². The molecule has 1 rings (SSSR count). The van der Waals surface area contributed by atoms with Crippen LogP contribution in [0.1, 0.15) is 25.8 Å². The zero-order valence-corrected chi connectivity index (χ0v) is 11.9. The average molecular weight is 293 g/mol. The predicted octanol–water partition coefficient (Wildman–Crippen LogP) is 4.40. The van der Waals surface area contributed by atoms with Crippen LogP contribution < -0.4 is 5.73 Å². The maximum absolute atomic E-state index is 5.78. The van der Waals surface area contributed by atoms with Crippen molar-refractivity contribution in [2.24, 2.45) is 11.7 Å². The molecule has 0 aliphatic rings. The fourth-order valence-corrected chi connectivity index (χ4v) is 1.57. The smallest absolute Gasteiger partial charge is 0.0446 e. The Labute approximate surface area is 106 Å². The lowest BCUT2D eigenvalue weighted by Gasteiger charge is -1.96. The molecule has 0 aliphatic heterocycles. The summed E-state index contributed by atoms with van der Waals surface area (Å²) in [6, 6.07) is 5.84. The maximum atomic E-state index is 5.78. The monoisotopic (exact) mass is 291 g/mol. The SMILES string of the molecule is CC(C)CCN.Cc1ccc(Br)cc1Cl. The molecule has 0 aromatic heterocycles. The van der Waals surface area contributed by atoms with Gasteiger partial charge in [0, 0.05) is 9.50 Å². The number of hydrogen-bond donors (Lipinski definition) is 1. The number of rotatable bonds is 2. The van der Waals surface area contributed by atoms with E-state index >= 15 is 0 Å². The first-order chi connectivity index (χ1) is 6.97. The molecule has 0 unspecified atom stereocenters. The number of halogens is 2. The van der Waals surface area contributed by atoms with Crippen LogP contribution in [0.15, 0.2) is 22.7 Å². The minimum Gasteiger partial charge on any atom is -0.330 e. The van der Waals surface area contributed by atoms with Gasteiger partial charge in [0.25, 0.3) is 0 Å². The van der Waals surface area contributed by atoms with E-state index in [2.05, 4.69) is 29.8 Å². The molecule has 1 aromatic carbocycles. The summed E-state index contributed by atoms with van der Waals surface area (Å²) in [5, 5.41) is 0.810. The summed E-state index contributed by atoms with van der Waals surface area (Å²) in [6.45, 7) is 7.16. The van der Waals surface area contributed by atoms with E-state index in [4.69, 9.17) is 17.3 Å². The van der Waals surface area contributed by atoms with Crippen molar-refractivity contribution in [3.8, 4) is 0 Å². The molecule has 3 heteroatoms. The van der Waals surface area contributed by atoms with Crippen LogP contribution in [0, 0.1) is 12.8 Å². The Morgan fingerprint density at radius 2 is 2.00 bits per heavy atom. The summed E-state index contributed by atoms with van der Waals surface area (Å²) >= 11 is 9.10. The van der Waals surface area contributed by atoms with Crippen molar-refractivity contribution in [2.45, 2.75) is 27.2 Å². The van der Waals surface area contributed by atoms with Crippen molar-refractivity contribution in [3.05, 3.63) is 33.3 Å². The summed E-state index contributed by atoms with van der Waals surface area (Å²) < 4.78 is 1.03. The summed E-state index contributed by atoms with van der Waals surface area (Å²) in [5.41, 5.74) is 6.34. The van der Waals surface area contributed by atoms with Crippen molar-refractivity contribution in [1.29, 1.82) is 0 Å². The Bertz CT molecular complexity index is 287. The first kappa shape index (κ1) is 14.9. The van der Waals surface area contributed by atoms with Crippen LogP contribution in [-0.4, -0.2) is 6.54 Å². The van der Waals surface area contributed by atoms with Crippen LogP contribution in [0.5, 0.6) is 0 Å². The molecule has 0 atom stereocenters.